The maximum atomic E-state index is 12.0. The minimum Gasteiger partial charge on any atom is -0.382 e. The number of aromatic nitrogens is 1. The van der Waals surface area contributed by atoms with Gasteiger partial charge in [-0.2, -0.15) is 13.2 Å². The van der Waals surface area contributed by atoms with Gasteiger partial charge in [0.15, 0.2) is 6.10 Å². The third-order valence-electron chi connectivity index (χ3n) is 1.90. The number of hydrogen-bond acceptors (Lipinski definition) is 3. The quantitative estimate of drug-likeness (QED) is 0.901. The van der Waals surface area contributed by atoms with Crippen molar-refractivity contribution in [1.82, 2.24) is 4.98 Å². The first kappa shape index (κ1) is 13.2. The summed E-state index contributed by atoms with van der Waals surface area (Å²) < 4.78 is 36.7. The van der Waals surface area contributed by atoms with E-state index < -0.39 is 18.8 Å². The summed E-state index contributed by atoms with van der Waals surface area (Å²) in [5, 5.41) is 11.2. The molecular weight excluding hydrogens is 289 g/mol. The highest BCUT2D eigenvalue weighted by Crippen LogP contribution is 2.21. The molecule has 0 spiro atoms. The van der Waals surface area contributed by atoms with Crippen molar-refractivity contribution in [3.63, 3.8) is 0 Å². The van der Waals surface area contributed by atoms with Crippen LogP contribution in [-0.2, 0) is 0 Å². The van der Waals surface area contributed by atoms with Crippen LogP contribution in [0.5, 0.6) is 0 Å². The van der Waals surface area contributed by atoms with Gasteiger partial charge in [0.25, 0.3) is 0 Å². The number of aliphatic hydroxyl groups is 1. The molecule has 1 unspecified atom stereocenters. The first-order valence-corrected chi connectivity index (χ1v) is 5.21. The molecule has 0 saturated carbocycles. The van der Waals surface area contributed by atoms with Crippen molar-refractivity contribution in [2.75, 3.05) is 11.9 Å². The zero-order valence-corrected chi connectivity index (χ0v) is 9.93. The molecule has 1 aromatic heterocycles. The molecule has 0 radical (unpaired) electrons. The van der Waals surface area contributed by atoms with Crippen molar-refractivity contribution in [2.24, 2.45) is 0 Å². The topological polar surface area (TPSA) is 45.1 Å². The maximum Gasteiger partial charge on any atom is 0.416 e. The summed E-state index contributed by atoms with van der Waals surface area (Å²) in [6.07, 6.45) is -5.52. The van der Waals surface area contributed by atoms with E-state index in [2.05, 4.69) is 26.2 Å². The fraction of sp³-hybridized carbons (Fsp3) is 0.444. The zero-order chi connectivity index (χ0) is 12.3. The molecule has 16 heavy (non-hydrogen) atoms. The van der Waals surface area contributed by atoms with E-state index in [1.165, 1.54) is 6.20 Å². The predicted octanol–water partition coefficient (Wildman–Crippen LogP) is 2.49. The fourth-order valence-corrected chi connectivity index (χ4v) is 1.17. The second-order valence-electron chi connectivity index (χ2n) is 3.26. The van der Waals surface area contributed by atoms with Crippen LogP contribution in [-0.4, -0.2) is 28.9 Å². The molecular formula is C9H10BrF3N2O. The van der Waals surface area contributed by atoms with Crippen LogP contribution in [0.2, 0.25) is 0 Å². The van der Waals surface area contributed by atoms with Crippen LogP contribution in [0.1, 0.15) is 5.56 Å². The second-order valence-corrected chi connectivity index (χ2v) is 4.11. The molecule has 90 valence electrons. The smallest absolute Gasteiger partial charge is 0.382 e. The third-order valence-corrected chi connectivity index (χ3v) is 2.73. The normalized spacial score (nSPS) is 13.6. The first-order chi connectivity index (χ1) is 7.30. The number of nitrogens with zero attached hydrogens (tertiary/aromatic N) is 1. The molecule has 1 aromatic rings. The zero-order valence-electron chi connectivity index (χ0n) is 8.35. The summed E-state index contributed by atoms with van der Waals surface area (Å²) in [5.41, 5.74) is 0.846. The van der Waals surface area contributed by atoms with E-state index in [0.717, 1.165) is 10.0 Å². The molecule has 0 aromatic carbocycles. The summed E-state index contributed by atoms with van der Waals surface area (Å²) in [6, 6.07) is 1.59. The number of nitrogens with one attached hydrogen (secondary N) is 1. The van der Waals surface area contributed by atoms with Crippen LogP contribution in [0.4, 0.5) is 19.0 Å². The molecule has 1 rings (SSSR count). The molecule has 0 amide bonds. The Kier molecular flexibility index (Phi) is 4.15. The number of anilines is 1. The lowest BCUT2D eigenvalue weighted by atomic mass is 10.3. The summed E-state index contributed by atoms with van der Waals surface area (Å²) >= 11 is 3.22. The van der Waals surface area contributed by atoms with Gasteiger partial charge < -0.3 is 10.4 Å². The number of aryl methyl sites for hydroxylation is 1. The van der Waals surface area contributed by atoms with E-state index in [1.54, 1.807) is 13.0 Å². The van der Waals surface area contributed by atoms with Crippen molar-refractivity contribution in [3.05, 3.63) is 22.3 Å². The first-order valence-electron chi connectivity index (χ1n) is 4.41. The summed E-state index contributed by atoms with van der Waals surface area (Å²) in [6.45, 7) is 1.18. The van der Waals surface area contributed by atoms with Gasteiger partial charge in [0.2, 0.25) is 0 Å². The van der Waals surface area contributed by atoms with Crippen LogP contribution in [0.25, 0.3) is 0 Å². The molecule has 0 fully saturated rings. The standard InChI is InChI=1S/C9H10BrF3N2O/c1-5-2-8(14-3-6(5)10)15-4-7(16)9(11,12)13/h2-3,7,16H,4H2,1H3,(H,14,15). The molecule has 0 aliphatic carbocycles. The Morgan fingerprint density at radius 3 is 2.69 bits per heavy atom. The molecule has 1 atom stereocenters. The molecule has 0 aliphatic heterocycles. The minimum absolute atomic E-state index is 0.295. The van der Waals surface area contributed by atoms with Gasteiger partial charge in [0.1, 0.15) is 5.82 Å². The average Bonchev–Trinajstić information content (AvgIpc) is 2.18. The Morgan fingerprint density at radius 2 is 2.19 bits per heavy atom. The van der Waals surface area contributed by atoms with E-state index in [4.69, 9.17) is 5.11 Å². The van der Waals surface area contributed by atoms with Crippen LogP contribution in [0.15, 0.2) is 16.7 Å². The minimum atomic E-state index is -4.61. The molecule has 7 heteroatoms. The average molecular weight is 299 g/mol. The van der Waals surface area contributed by atoms with Gasteiger partial charge in [-0.25, -0.2) is 4.98 Å². The van der Waals surface area contributed by atoms with E-state index in [1.807, 2.05) is 0 Å². The van der Waals surface area contributed by atoms with Gasteiger partial charge in [-0.3, -0.25) is 0 Å². The fourth-order valence-electron chi connectivity index (χ4n) is 0.953. The predicted molar refractivity (Wildman–Crippen MR) is 57.2 cm³/mol. The molecule has 0 aliphatic rings. The second kappa shape index (κ2) is 5.01. The lowest BCUT2D eigenvalue weighted by Gasteiger charge is -2.15. The maximum absolute atomic E-state index is 12.0. The Bertz CT molecular complexity index is 370. The monoisotopic (exact) mass is 298 g/mol. The van der Waals surface area contributed by atoms with Crippen molar-refractivity contribution >= 4 is 21.7 Å². The molecule has 0 bridgehead atoms. The van der Waals surface area contributed by atoms with Crippen molar-refractivity contribution in [3.8, 4) is 0 Å². The van der Waals surface area contributed by atoms with Crippen molar-refractivity contribution in [1.29, 1.82) is 0 Å². The number of rotatable bonds is 3. The highest BCUT2D eigenvalue weighted by molar-refractivity contribution is 9.10. The van der Waals surface area contributed by atoms with Gasteiger partial charge in [-0.05, 0) is 34.5 Å². The highest BCUT2D eigenvalue weighted by atomic mass is 79.9. The summed E-state index contributed by atoms with van der Waals surface area (Å²) in [5.74, 6) is 0.295. The van der Waals surface area contributed by atoms with Crippen LogP contribution in [0, 0.1) is 6.92 Å². The summed E-state index contributed by atoms with van der Waals surface area (Å²) in [7, 11) is 0. The number of hydrogen-bond donors (Lipinski definition) is 2. The molecule has 1 heterocycles. The van der Waals surface area contributed by atoms with Gasteiger partial charge in [-0.15, -0.1) is 0 Å². The number of halogens is 4. The Hall–Kier alpha value is -0.820. The van der Waals surface area contributed by atoms with E-state index in [9.17, 15) is 13.2 Å². The molecule has 0 saturated heterocycles. The van der Waals surface area contributed by atoms with Crippen molar-refractivity contribution in [2.45, 2.75) is 19.2 Å². The third kappa shape index (κ3) is 3.64. The van der Waals surface area contributed by atoms with E-state index in [0.29, 0.717) is 5.82 Å². The van der Waals surface area contributed by atoms with Gasteiger partial charge in [0.05, 0.1) is 6.54 Å². The number of aliphatic hydroxyl groups excluding tert-OH is 1. The highest BCUT2D eigenvalue weighted by Gasteiger charge is 2.37. The number of pyridine rings is 1. The number of alkyl halides is 3. The largest absolute Gasteiger partial charge is 0.416 e. The van der Waals surface area contributed by atoms with Crippen LogP contribution >= 0.6 is 15.9 Å². The molecule has 2 N–H and O–H groups in total. The van der Waals surface area contributed by atoms with Gasteiger partial charge >= 0.3 is 6.18 Å². The van der Waals surface area contributed by atoms with Gasteiger partial charge in [-0.1, -0.05) is 0 Å². The SMILES string of the molecule is Cc1cc(NCC(O)C(F)(F)F)ncc1Br. The lowest BCUT2D eigenvalue weighted by Crippen LogP contribution is -2.35. The Morgan fingerprint density at radius 1 is 1.56 bits per heavy atom. The van der Waals surface area contributed by atoms with Gasteiger partial charge in [0, 0.05) is 10.7 Å². The van der Waals surface area contributed by atoms with E-state index in [-0.39, 0.29) is 0 Å². The molecule has 3 nitrogen and oxygen atoms in total. The van der Waals surface area contributed by atoms with Crippen LogP contribution in [0.3, 0.4) is 0 Å². The Balaban J connectivity index is 2.58. The lowest BCUT2D eigenvalue weighted by molar-refractivity contribution is -0.198. The van der Waals surface area contributed by atoms with Crippen molar-refractivity contribution < 1.29 is 18.3 Å². The summed E-state index contributed by atoms with van der Waals surface area (Å²) in [4.78, 5) is 3.86. The Labute approximate surface area is 98.8 Å². The van der Waals surface area contributed by atoms with E-state index >= 15 is 0 Å². The van der Waals surface area contributed by atoms with Crippen LogP contribution < -0.4 is 5.32 Å².